The largest absolute Gasteiger partial charge is 0.333 e. The average Bonchev–Trinajstić information content (AvgIpc) is 3.08. The number of hydroxylamine groups is 2. The highest BCUT2D eigenvalue weighted by Gasteiger charge is 2.38. The number of aromatic nitrogens is 2. The summed E-state index contributed by atoms with van der Waals surface area (Å²) in [5, 5.41) is 10.1. The fourth-order valence-electron chi connectivity index (χ4n) is 2.34. The summed E-state index contributed by atoms with van der Waals surface area (Å²) in [6, 6.07) is 7.73. The van der Waals surface area contributed by atoms with E-state index >= 15 is 0 Å². The van der Waals surface area contributed by atoms with Crippen molar-refractivity contribution >= 4 is 17.7 Å². The summed E-state index contributed by atoms with van der Waals surface area (Å²) >= 11 is 1.52. The van der Waals surface area contributed by atoms with Gasteiger partial charge in [0.05, 0.1) is 0 Å². The van der Waals surface area contributed by atoms with E-state index in [0.29, 0.717) is 0 Å². The molecule has 0 radical (unpaired) electrons. The SMILES string of the molecule is CCN(O)C(=O)C1SC(c2cccnc2)n2cccc21. The van der Waals surface area contributed by atoms with E-state index in [1.807, 2.05) is 36.7 Å². The van der Waals surface area contributed by atoms with E-state index in [4.69, 9.17) is 0 Å². The minimum atomic E-state index is -0.375. The molecule has 2 atom stereocenters. The second-order valence-electron chi connectivity index (χ2n) is 4.55. The normalized spacial score (nSPS) is 20.7. The zero-order valence-electron chi connectivity index (χ0n) is 11.0. The first-order chi connectivity index (χ1) is 9.72. The molecule has 2 unspecified atom stereocenters. The molecule has 0 aliphatic carbocycles. The molecule has 1 aliphatic rings. The molecule has 0 saturated carbocycles. The van der Waals surface area contributed by atoms with Crippen molar-refractivity contribution < 1.29 is 10.0 Å². The number of fused-ring (bicyclic) bond motifs is 1. The Balaban J connectivity index is 1.94. The number of carbonyl (C=O) groups is 1. The van der Waals surface area contributed by atoms with Crippen molar-refractivity contribution in [1.29, 1.82) is 0 Å². The van der Waals surface area contributed by atoms with Gasteiger partial charge >= 0.3 is 0 Å². The topological polar surface area (TPSA) is 58.4 Å². The van der Waals surface area contributed by atoms with Crippen molar-refractivity contribution in [2.24, 2.45) is 0 Å². The van der Waals surface area contributed by atoms with Gasteiger partial charge in [-0.05, 0) is 25.1 Å². The highest BCUT2D eigenvalue weighted by molar-refractivity contribution is 8.00. The molecule has 6 heteroatoms. The van der Waals surface area contributed by atoms with Gasteiger partial charge in [-0.25, -0.2) is 5.06 Å². The molecule has 2 aromatic rings. The first-order valence-electron chi connectivity index (χ1n) is 6.44. The summed E-state index contributed by atoms with van der Waals surface area (Å²) in [4.78, 5) is 16.4. The quantitative estimate of drug-likeness (QED) is 0.696. The van der Waals surface area contributed by atoms with Crippen LogP contribution in [0.3, 0.4) is 0 Å². The zero-order valence-corrected chi connectivity index (χ0v) is 11.8. The van der Waals surface area contributed by atoms with Crippen LogP contribution in [0.1, 0.15) is 28.8 Å². The fraction of sp³-hybridized carbons (Fsp3) is 0.286. The van der Waals surface area contributed by atoms with Crippen LogP contribution < -0.4 is 0 Å². The molecule has 5 nitrogen and oxygen atoms in total. The van der Waals surface area contributed by atoms with E-state index in [9.17, 15) is 10.0 Å². The number of amides is 1. The van der Waals surface area contributed by atoms with Gasteiger partial charge in [0.1, 0.15) is 10.6 Å². The minimum Gasteiger partial charge on any atom is -0.333 e. The molecule has 104 valence electrons. The van der Waals surface area contributed by atoms with E-state index < -0.39 is 0 Å². The monoisotopic (exact) mass is 289 g/mol. The van der Waals surface area contributed by atoms with Crippen molar-refractivity contribution in [3.63, 3.8) is 0 Å². The smallest absolute Gasteiger partial charge is 0.265 e. The molecule has 0 spiro atoms. The number of hydrogen-bond donors (Lipinski definition) is 1. The fourth-order valence-corrected chi connectivity index (χ4v) is 3.80. The van der Waals surface area contributed by atoms with E-state index in [-0.39, 0.29) is 23.1 Å². The van der Waals surface area contributed by atoms with Gasteiger partial charge in [0, 0.05) is 36.4 Å². The maximum Gasteiger partial charge on any atom is 0.265 e. The van der Waals surface area contributed by atoms with Gasteiger partial charge in [-0.3, -0.25) is 15.0 Å². The standard InChI is InChI=1S/C14H15N3O2S/c1-2-17(19)13(18)12-11-6-4-8-16(11)14(20-12)10-5-3-7-15-9-10/h3-9,12,14,19H,2H2,1H3. The van der Waals surface area contributed by atoms with Crippen LogP contribution in [0.15, 0.2) is 42.9 Å². The number of likely N-dealkylation sites (N-methyl/N-ethyl adjacent to an activating group) is 1. The van der Waals surface area contributed by atoms with Gasteiger partial charge in [0.25, 0.3) is 5.91 Å². The lowest BCUT2D eigenvalue weighted by molar-refractivity contribution is -0.163. The lowest BCUT2D eigenvalue weighted by atomic mass is 10.2. The maximum absolute atomic E-state index is 12.2. The van der Waals surface area contributed by atoms with Gasteiger partial charge in [-0.2, -0.15) is 0 Å². The highest BCUT2D eigenvalue weighted by Crippen LogP contribution is 2.49. The first-order valence-corrected chi connectivity index (χ1v) is 7.39. The zero-order chi connectivity index (χ0) is 14.1. The highest BCUT2D eigenvalue weighted by atomic mass is 32.2. The van der Waals surface area contributed by atoms with E-state index in [0.717, 1.165) is 16.3 Å². The summed E-state index contributed by atoms with van der Waals surface area (Å²) in [7, 11) is 0. The van der Waals surface area contributed by atoms with Crippen LogP contribution in [0.25, 0.3) is 0 Å². The Hall–Kier alpha value is -1.79. The molecular weight excluding hydrogens is 274 g/mol. The summed E-state index contributed by atoms with van der Waals surface area (Å²) in [6.07, 6.45) is 5.50. The van der Waals surface area contributed by atoms with Gasteiger partial charge < -0.3 is 4.57 Å². The Morgan fingerprint density at radius 1 is 1.50 bits per heavy atom. The van der Waals surface area contributed by atoms with Gasteiger partial charge in [-0.15, -0.1) is 11.8 Å². The first kappa shape index (κ1) is 13.2. The Bertz CT molecular complexity index is 614. The van der Waals surface area contributed by atoms with Crippen molar-refractivity contribution in [2.45, 2.75) is 17.5 Å². The summed E-state index contributed by atoms with van der Waals surface area (Å²) in [5.41, 5.74) is 1.97. The number of pyridine rings is 1. The molecule has 0 aromatic carbocycles. The predicted octanol–water partition coefficient (Wildman–Crippen LogP) is 2.46. The number of rotatable bonds is 3. The molecular formula is C14H15N3O2S. The van der Waals surface area contributed by atoms with Crippen LogP contribution in [-0.2, 0) is 4.79 Å². The maximum atomic E-state index is 12.2. The number of hydrogen-bond acceptors (Lipinski definition) is 4. The molecule has 1 amide bonds. The number of nitrogens with zero attached hydrogens (tertiary/aromatic N) is 3. The molecule has 20 heavy (non-hydrogen) atoms. The van der Waals surface area contributed by atoms with Gasteiger partial charge in [0.2, 0.25) is 0 Å². The van der Waals surface area contributed by atoms with Crippen LogP contribution in [0.5, 0.6) is 0 Å². The predicted molar refractivity (Wildman–Crippen MR) is 76.3 cm³/mol. The molecule has 1 aliphatic heterocycles. The van der Waals surface area contributed by atoms with Crippen LogP contribution in [-0.4, -0.2) is 32.3 Å². The summed E-state index contributed by atoms with van der Waals surface area (Å²) in [6.45, 7) is 2.03. The third-order valence-electron chi connectivity index (χ3n) is 3.35. The van der Waals surface area contributed by atoms with E-state index in [1.54, 1.807) is 13.1 Å². The Kier molecular flexibility index (Phi) is 3.50. The van der Waals surface area contributed by atoms with E-state index in [2.05, 4.69) is 9.55 Å². The number of thioether (sulfide) groups is 1. The van der Waals surface area contributed by atoms with Gasteiger partial charge in [0.15, 0.2) is 0 Å². The van der Waals surface area contributed by atoms with Crippen molar-refractivity contribution in [3.8, 4) is 0 Å². The van der Waals surface area contributed by atoms with E-state index in [1.165, 1.54) is 11.8 Å². The molecule has 2 aromatic heterocycles. The van der Waals surface area contributed by atoms with Crippen LogP contribution >= 0.6 is 11.8 Å². The molecule has 0 bridgehead atoms. The summed E-state index contributed by atoms with van der Waals surface area (Å²) < 4.78 is 2.06. The summed E-state index contributed by atoms with van der Waals surface area (Å²) in [5.74, 6) is -0.274. The third-order valence-corrected chi connectivity index (χ3v) is 4.82. The Morgan fingerprint density at radius 2 is 2.35 bits per heavy atom. The second-order valence-corrected chi connectivity index (χ2v) is 5.74. The molecule has 0 fully saturated rings. The van der Waals surface area contributed by atoms with Crippen LogP contribution in [0.4, 0.5) is 0 Å². The molecule has 3 heterocycles. The Morgan fingerprint density at radius 3 is 3.05 bits per heavy atom. The molecule has 0 saturated heterocycles. The lowest BCUT2D eigenvalue weighted by Gasteiger charge is -2.17. The molecule has 1 N–H and O–H groups in total. The Labute approximate surface area is 121 Å². The molecule has 3 rings (SSSR count). The number of carbonyl (C=O) groups excluding carboxylic acids is 1. The van der Waals surface area contributed by atoms with Crippen LogP contribution in [0.2, 0.25) is 0 Å². The third kappa shape index (κ3) is 2.10. The second kappa shape index (κ2) is 5.30. The van der Waals surface area contributed by atoms with Crippen molar-refractivity contribution in [2.75, 3.05) is 6.54 Å². The lowest BCUT2D eigenvalue weighted by Crippen LogP contribution is -2.30. The van der Waals surface area contributed by atoms with Crippen LogP contribution in [0, 0.1) is 0 Å². The minimum absolute atomic E-state index is 0.0212. The van der Waals surface area contributed by atoms with Gasteiger partial charge in [-0.1, -0.05) is 6.07 Å². The van der Waals surface area contributed by atoms with Crippen molar-refractivity contribution in [1.82, 2.24) is 14.6 Å². The average molecular weight is 289 g/mol. The van der Waals surface area contributed by atoms with Crippen molar-refractivity contribution in [3.05, 3.63) is 54.1 Å².